The van der Waals surface area contributed by atoms with Gasteiger partial charge in [-0.15, -0.1) is 0 Å². The molecule has 4 nitrogen and oxygen atoms in total. The molecule has 1 atom stereocenters. The van der Waals surface area contributed by atoms with E-state index >= 15 is 0 Å². The summed E-state index contributed by atoms with van der Waals surface area (Å²) in [6.07, 6.45) is 0. The van der Waals surface area contributed by atoms with Crippen molar-refractivity contribution in [3.63, 3.8) is 0 Å². The van der Waals surface area contributed by atoms with Crippen LogP contribution in [0.5, 0.6) is 5.75 Å². The Morgan fingerprint density at radius 2 is 1.86 bits per heavy atom. The normalized spacial score (nSPS) is 18.2. The highest BCUT2D eigenvalue weighted by atomic mass is 16.5. The predicted octanol–water partition coefficient (Wildman–Crippen LogP) is 2.04. The lowest BCUT2D eigenvalue weighted by atomic mass is 10.2. The molecule has 0 spiro atoms. The molecule has 22 heavy (non-hydrogen) atoms. The molecular formula is C18H22N2O2. The van der Waals surface area contributed by atoms with E-state index in [4.69, 9.17) is 4.74 Å². The number of ether oxygens (including phenoxy) is 1. The summed E-state index contributed by atoms with van der Waals surface area (Å²) in [5, 5.41) is 12.6. The molecule has 0 bridgehead atoms. The molecule has 3 rings (SSSR count). The lowest BCUT2D eigenvalue weighted by Gasteiger charge is -2.34. The van der Waals surface area contributed by atoms with Gasteiger partial charge in [0.2, 0.25) is 0 Å². The minimum absolute atomic E-state index is 0.155. The molecule has 2 N–H and O–H groups in total. The summed E-state index contributed by atoms with van der Waals surface area (Å²) in [5.41, 5.74) is 2.34. The van der Waals surface area contributed by atoms with Crippen molar-refractivity contribution in [2.75, 3.05) is 31.1 Å². The van der Waals surface area contributed by atoms with E-state index < -0.39 is 0 Å². The average Bonchev–Trinajstić information content (AvgIpc) is 2.61. The summed E-state index contributed by atoms with van der Waals surface area (Å²) in [6.45, 7) is 3.45. The standard InChI is InChI=1S/C18H22N2O2/c21-13-16-12-20(11-10-19-16)17-6-8-18(9-7-17)22-14-15-4-2-1-3-5-15/h1-9,16,19,21H,10-14H2. The maximum absolute atomic E-state index is 9.27. The molecule has 4 heteroatoms. The number of rotatable bonds is 5. The third-order valence-corrected chi connectivity index (χ3v) is 3.93. The smallest absolute Gasteiger partial charge is 0.119 e. The SMILES string of the molecule is OCC1CN(c2ccc(OCc3ccccc3)cc2)CCN1. The van der Waals surface area contributed by atoms with E-state index in [9.17, 15) is 5.11 Å². The highest BCUT2D eigenvalue weighted by Crippen LogP contribution is 2.21. The second kappa shape index (κ2) is 7.29. The van der Waals surface area contributed by atoms with Crippen molar-refractivity contribution in [3.05, 3.63) is 60.2 Å². The monoisotopic (exact) mass is 298 g/mol. The van der Waals surface area contributed by atoms with Gasteiger partial charge in [-0.1, -0.05) is 30.3 Å². The number of nitrogens with zero attached hydrogens (tertiary/aromatic N) is 1. The molecule has 116 valence electrons. The summed E-state index contributed by atoms with van der Waals surface area (Å²) in [6, 6.07) is 18.5. The maximum Gasteiger partial charge on any atom is 0.119 e. The number of aliphatic hydroxyl groups excluding tert-OH is 1. The summed E-state index contributed by atoms with van der Waals surface area (Å²) in [7, 11) is 0. The van der Waals surface area contributed by atoms with Crippen molar-refractivity contribution in [1.82, 2.24) is 5.32 Å². The molecule has 2 aromatic rings. The van der Waals surface area contributed by atoms with Crippen molar-refractivity contribution in [2.45, 2.75) is 12.6 Å². The van der Waals surface area contributed by atoms with E-state index in [2.05, 4.69) is 34.5 Å². The molecule has 0 aliphatic carbocycles. The van der Waals surface area contributed by atoms with Gasteiger partial charge in [-0.05, 0) is 29.8 Å². The van der Waals surface area contributed by atoms with Crippen LogP contribution in [0.25, 0.3) is 0 Å². The van der Waals surface area contributed by atoms with E-state index in [1.54, 1.807) is 0 Å². The molecule has 1 aliphatic heterocycles. The van der Waals surface area contributed by atoms with E-state index in [0.29, 0.717) is 6.61 Å². The predicted molar refractivity (Wildman–Crippen MR) is 88.3 cm³/mol. The highest BCUT2D eigenvalue weighted by molar-refractivity contribution is 5.49. The lowest BCUT2D eigenvalue weighted by molar-refractivity contribution is 0.235. The van der Waals surface area contributed by atoms with Gasteiger partial charge in [0, 0.05) is 31.4 Å². The van der Waals surface area contributed by atoms with E-state index in [1.165, 1.54) is 11.3 Å². The van der Waals surface area contributed by atoms with Crippen LogP contribution < -0.4 is 15.0 Å². The fraction of sp³-hybridized carbons (Fsp3) is 0.333. The topological polar surface area (TPSA) is 44.7 Å². The number of hydrogen-bond donors (Lipinski definition) is 2. The van der Waals surface area contributed by atoms with Gasteiger partial charge in [-0.25, -0.2) is 0 Å². The Hall–Kier alpha value is -2.04. The molecule has 0 saturated carbocycles. The first-order valence-corrected chi connectivity index (χ1v) is 7.71. The van der Waals surface area contributed by atoms with Crippen LogP contribution in [0.15, 0.2) is 54.6 Å². The second-order valence-electron chi connectivity index (χ2n) is 5.55. The van der Waals surface area contributed by atoms with Crippen LogP contribution in [-0.4, -0.2) is 37.4 Å². The third kappa shape index (κ3) is 3.78. The Labute approximate surface area is 131 Å². The molecule has 0 amide bonds. The Balaban J connectivity index is 1.58. The van der Waals surface area contributed by atoms with Crippen LogP contribution in [-0.2, 0) is 6.61 Å². The Morgan fingerprint density at radius 1 is 1.09 bits per heavy atom. The van der Waals surface area contributed by atoms with Gasteiger partial charge in [0.15, 0.2) is 0 Å². The van der Waals surface area contributed by atoms with Crippen LogP contribution in [0.3, 0.4) is 0 Å². The molecule has 1 heterocycles. The number of piperazine rings is 1. The third-order valence-electron chi connectivity index (χ3n) is 3.93. The first-order chi connectivity index (χ1) is 10.8. The molecule has 1 unspecified atom stereocenters. The first kappa shape index (κ1) is 14.9. The summed E-state index contributed by atoms with van der Waals surface area (Å²) < 4.78 is 5.81. The van der Waals surface area contributed by atoms with Crippen molar-refractivity contribution in [2.24, 2.45) is 0 Å². The number of hydrogen-bond acceptors (Lipinski definition) is 4. The van der Waals surface area contributed by atoms with E-state index in [0.717, 1.165) is 25.4 Å². The first-order valence-electron chi connectivity index (χ1n) is 7.71. The van der Waals surface area contributed by atoms with Crippen molar-refractivity contribution in [3.8, 4) is 5.75 Å². The van der Waals surface area contributed by atoms with E-state index in [1.807, 2.05) is 30.3 Å². The van der Waals surface area contributed by atoms with Gasteiger partial charge in [0.05, 0.1) is 6.61 Å². The van der Waals surface area contributed by atoms with Crippen LogP contribution >= 0.6 is 0 Å². The van der Waals surface area contributed by atoms with Gasteiger partial charge in [0.1, 0.15) is 12.4 Å². The second-order valence-corrected chi connectivity index (χ2v) is 5.55. The van der Waals surface area contributed by atoms with Gasteiger partial charge >= 0.3 is 0 Å². The Bertz CT molecular complexity index is 571. The fourth-order valence-corrected chi connectivity index (χ4v) is 2.68. The quantitative estimate of drug-likeness (QED) is 0.886. The zero-order valence-corrected chi connectivity index (χ0v) is 12.6. The number of nitrogens with one attached hydrogen (secondary N) is 1. The maximum atomic E-state index is 9.27. The number of aliphatic hydroxyl groups is 1. The molecule has 1 aliphatic rings. The number of anilines is 1. The minimum Gasteiger partial charge on any atom is -0.489 e. The van der Waals surface area contributed by atoms with Gasteiger partial charge < -0.3 is 20.1 Å². The molecule has 0 radical (unpaired) electrons. The molecule has 2 aromatic carbocycles. The van der Waals surface area contributed by atoms with Crippen LogP contribution in [0.4, 0.5) is 5.69 Å². The largest absolute Gasteiger partial charge is 0.489 e. The average molecular weight is 298 g/mol. The highest BCUT2D eigenvalue weighted by Gasteiger charge is 2.18. The van der Waals surface area contributed by atoms with Gasteiger partial charge in [0.25, 0.3) is 0 Å². The summed E-state index contributed by atoms with van der Waals surface area (Å²) >= 11 is 0. The van der Waals surface area contributed by atoms with Crippen LogP contribution in [0.1, 0.15) is 5.56 Å². The van der Waals surface area contributed by atoms with Crippen molar-refractivity contribution >= 4 is 5.69 Å². The van der Waals surface area contributed by atoms with Crippen LogP contribution in [0.2, 0.25) is 0 Å². The lowest BCUT2D eigenvalue weighted by Crippen LogP contribution is -2.52. The van der Waals surface area contributed by atoms with Gasteiger partial charge in [-0.3, -0.25) is 0 Å². The van der Waals surface area contributed by atoms with Crippen molar-refractivity contribution in [1.29, 1.82) is 0 Å². The van der Waals surface area contributed by atoms with Crippen LogP contribution in [0, 0.1) is 0 Å². The molecule has 1 fully saturated rings. The number of benzene rings is 2. The minimum atomic E-state index is 0.155. The fourth-order valence-electron chi connectivity index (χ4n) is 2.68. The zero-order valence-electron chi connectivity index (χ0n) is 12.6. The Morgan fingerprint density at radius 3 is 2.59 bits per heavy atom. The summed E-state index contributed by atoms with van der Waals surface area (Å²) in [4.78, 5) is 2.29. The zero-order chi connectivity index (χ0) is 15.2. The summed E-state index contributed by atoms with van der Waals surface area (Å²) in [5.74, 6) is 0.876. The molecule has 0 aromatic heterocycles. The molecular weight excluding hydrogens is 276 g/mol. The van der Waals surface area contributed by atoms with E-state index in [-0.39, 0.29) is 12.6 Å². The van der Waals surface area contributed by atoms with Gasteiger partial charge in [-0.2, -0.15) is 0 Å². The van der Waals surface area contributed by atoms with Crippen molar-refractivity contribution < 1.29 is 9.84 Å². The Kier molecular flexibility index (Phi) is 4.93. The molecule has 1 saturated heterocycles.